The van der Waals surface area contributed by atoms with Crippen LogP contribution in [0, 0.1) is 11.8 Å². The largest absolute Gasteiger partial charge is 0.366 e. The van der Waals surface area contributed by atoms with Gasteiger partial charge < -0.3 is 9.47 Å². The predicted molar refractivity (Wildman–Crippen MR) is 69.6 cm³/mol. The lowest BCUT2D eigenvalue weighted by Gasteiger charge is -2.19. The van der Waals surface area contributed by atoms with Crippen molar-refractivity contribution in [3.8, 4) is 0 Å². The van der Waals surface area contributed by atoms with Crippen molar-refractivity contribution in [1.29, 1.82) is 0 Å². The van der Waals surface area contributed by atoms with Crippen LogP contribution in [0.15, 0.2) is 0 Å². The molecule has 0 amide bonds. The fraction of sp³-hybridized carbons (Fsp3) is 1.00. The zero-order chi connectivity index (χ0) is 12.7. The lowest BCUT2D eigenvalue weighted by Crippen LogP contribution is -2.29. The first-order valence-electron chi connectivity index (χ1n) is 6.68. The van der Waals surface area contributed by atoms with Gasteiger partial charge in [-0.2, -0.15) is 0 Å². The molecule has 1 rings (SSSR count). The molecule has 1 fully saturated rings. The SMILES string of the molecule is CC(C)COCN1CCN(COCC(C)C)C1. The fourth-order valence-electron chi connectivity index (χ4n) is 1.75. The monoisotopic (exact) mass is 244 g/mol. The zero-order valence-corrected chi connectivity index (χ0v) is 11.8. The summed E-state index contributed by atoms with van der Waals surface area (Å²) in [5, 5.41) is 0. The van der Waals surface area contributed by atoms with Gasteiger partial charge in [0.15, 0.2) is 0 Å². The van der Waals surface area contributed by atoms with Gasteiger partial charge in [-0.05, 0) is 11.8 Å². The molecule has 0 aromatic rings. The number of ether oxygens (including phenoxy) is 2. The molecule has 0 aromatic carbocycles. The molecule has 4 heteroatoms. The van der Waals surface area contributed by atoms with Crippen molar-refractivity contribution in [3.05, 3.63) is 0 Å². The molecule has 0 atom stereocenters. The van der Waals surface area contributed by atoms with Crippen LogP contribution in [-0.4, -0.2) is 56.2 Å². The molecular weight excluding hydrogens is 216 g/mol. The van der Waals surface area contributed by atoms with Gasteiger partial charge in [0.2, 0.25) is 0 Å². The van der Waals surface area contributed by atoms with Crippen molar-refractivity contribution >= 4 is 0 Å². The van der Waals surface area contributed by atoms with Crippen LogP contribution in [0.25, 0.3) is 0 Å². The summed E-state index contributed by atoms with van der Waals surface area (Å²) in [6, 6.07) is 0. The second kappa shape index (κ2) is 8.03. The number of hydrogen-bond acceptors (Lipinski definition) is 4. The highest BCUT2D eigenvalue weighted by atomic mass is 16.5. The molecule has 0 bridgehead atoms. The molecule has 1 saturated heterocycles. The van der Waals surface area contributed by atoms with Crippen LogP contribution in [-0.2, 0) is 9.47 Å². The van der Waals surface area contributed by atoms with E-state index in [9.17, 15) is 0 Å². The Morgan fingerprint density at radius 1 is 0.824 bits per heavy atom. The molecule has 0 aromatic heterocycles. The third-order valence-corrected chi connectivity index (χ3v) is 2.58. The third-order valence-electron chi connectivity index (χ3n) is 2.58. The Kier molecular flexibility index (Phi) is 7.04. The Morgan fingerprint density at radius 3 is 1.59 bits per heavy atom. The first-order valence-corrected chi connectivity index (χ1v) is 6.68. The Balaban J connectivity index is 2.02. The van der Waals surface area contributed by atoms with Crippen LogP contribution in [0.1, 0.15) is 27.7 Å². The number of hydrogen-bond donors (Lipinski definition) is 0. The molecule has 102 valence electrons. The van der Waals surface area contributed by atoms with Gasteiger partial charge in [0.05, 0.1) is 19.9 Å². The summed E-state index contributed by atoms with van der Waals surface area (Å²) < 4.78 is 11.3. The Labute approximate surface area is 106 Å². The molecule has 0 unspecified atom stereocenters. The van der Waals surface area contributed by atoms with Crippen molar-refractivity contribution in [2.24, 2.45) is 11.8 Å². The number of rotatable bonds is 8. The summed E-state index contributed by atoms with van der Waals surface area (Å²) in [5.74, 6) is 1.23. The van der Waals surface area contributed by atoms with E-state index >= 15 is 0 Å². The van der Waals surface area contributed by atoms with Gasteiger partial charge in [0.25, 0.3) is 0 Å². The molecule has 1 heterocycles. The fourth-order valence-corrected chi connectivity index (χ4v) is 1.75. The average Bonchev–Trinajstić information content (AvgIpc) is 2.65. The van der Waals surface area contributed by atoms with Crippen molar-refractivity contribution in [1.82, 2.24) is 9.80 Å². The van der Waals surface area contributed by atoms with E-state index in [0.29, 0.717) is 11.8 Å². The van der Waals surface area contributed by atoms with Gasteiger partial charge in [-0.1, -0.05) is 27.7 Å². The molecule has 4 nitrogen and oxygen atoms in total. The minimum atomic E-state index is 0.614. The molecule has 0 N–H and O–H groups in total. The van der Waals surface area contributed by atoms with Gasteiger partial charge in [-0.15, -0.1) is 0 Å². The highest BCUT2D eigenvalue weighted by Crippen LogP contribution is 2.06. The second-order valence-electron chi connectivity index (χ2n) is 5.72. The lowest BCUT2D eigenvalue weighted by molar-refractivity contribution is -0.00665. The minimum absolute atomic E-state index is 0.614. The van der Waals surface area contributed by atoms with E-state index in [2.05, 4.69) is 37.5 Å². The van der Waals surface area contributed by atoms with Crippen LogP contribution in [0.3, 0.4) is 0 Å². The van der Waals surface area contributed by atoms with Crippen LogP contribution in [0.4, 0.5) is 0 Å². The molecule has 0 radical (unpaired) electrons. The molecule has 17 heavy (non-hydrogen) atoms. The van der Waals surface area contributed by atoms with E-state index in [1.807, 2.05) is 0 Å². The maximum Gasteiger partial charge on any atom is 0.100 e. The van der Waals surface area contributed by atoms with E-state index in [1.165, 1.54) is 0 Å². The van der Waals surface area contributed by atoms with Gasteiger partial charge in [-0.3, -0.25) is 9.80 Å². The lowest BCUT2D eigenvalue weighted by atomic mass is 10.2. The number of nitrogens with zero attached hydrogens (tertiary/aromatic N) is 2. The summed E-state index contributed by atoms with van der Waals surface area (Å²) in [7, 11) is 0. The van der Waals surface area contributed by atoms with E-state index in [0.717, 1.165) is 46.4 Å². The molecule has 0 aliphatic carbocycles. The summed E-state index contributed by atoms with van der Waals surface area (Å²) >= 11 is 0. The molecule has 0 saturated carbocycles. The summed E-state index contributed by atoms with van der Waals surface area (Å²) in [6.07, 6.45) is 0. The Bertz CT molecular complexity index is 178. The van der Waals surface area contributed by atoms with Crippen molar-refractivity contribution in [2.45, 2.75) is 27.7 Å². The van der Waals surface area contributed by atoms with Crippen LogP contribution in [0.5, 0.6) is 0 Å². The smallest absolute Gasteiger partial charge is 0.100 e. The maximum atomic E-state index is 5.63. The van der Waals surface area contributed by atoms with Crippen LogP contribution >= 0.6 is 0 Å². The van der Waals surface area contributed by atoms with E-state index in [1.54, 1.807) is 0 Å². The molecule has 1 aliphatic rings. The van der Waals surface area contributed by atoms with E-state index in [-0.39, 0.29) is 0 Å². The summed E-state index contributed by atoms with van der Waals surface area (Å²) in [6.45, 7) is 15.0. The minimum Gasteiger partial charge on any atom is -0.366 e. The highest BCUT2D eigenvalue weighted by molar-refractivity contribution is 4.66. The summed E-state index contributed by atoms with van der Waals surface area (Å²) in [4.78, 5) is 4.64. The first-order chi connectivity index (χ1) is 8.08. The second-order valence-corrected chi connectivity index (χ2v) is 5.72. The van der Waals surface area contributed by atoms with Crippen molar-refractivity contribution < 1.29 is 9.47 Å². The highest BCUT2D eigenvalue weighted by Gasteiger charge is 2.19. The summed E-state index contributed by atoms with van der Waals surface area (Å²) in [5.41, 5.74) is 0. The van der Waals surface area contributed by atoms with E-state index in [4.69, 9.17) is 9.47 Å². The van der Waals surface area contributed by atoms with Crippen molar-refractivity contribution in [3.63, 3.8) is 0 Å². The van der Waals surface area contributed by atoms with Crippen LogP contribution in [0.2, 0.25) is 0 Å². The Hall–Kier alpha value is -0.160. The predicted octanol–water partition coefficient (Wildman–Crippen LogP) is 1.82. The standard InChI is InChI=1S/C13H28N2O2/c1-12(2)7-16-10-14-5-6-15(9-14)11-17-8-13(3)4/h12-13H,5-11H2,1-4H3. The zero-order valence-electron chi connectivity index (χ0n) is 11.8. The topological polar surface area (TPSA) is 24.9 Å². The normalized spacial score (nSPS) is 18.7. The Morgan fingerprint density at radius 2 is 1.24 bits per heavy atom. The molecule has 0 spiro atoms. The quantitative estimate of drug-likeness (QED) is 0.650. The van der Waals surface area contributed by atoms with Gasteiger partial charge >= 0.3 is 0 Å². The average molecular weight is 244 g/mol. The van der Waals surface area contributed by atoms with E-state index < -0.39 is 0 Å². The van der Waals surface area contributed by atoms with Gasteiger partial charge in [0, 0.05) is 13.1 Å². The molecule has 1 aliphatic heterocycles. The van der Waals surface area contributed by atoms with Gasteiger partial charge in [0.1, 0.15) is 13.5 Å². The molecular formula is C13H28N2O2. The first kappa shape index (κ1) is 14.9. The van der Waals surface area contributed by atoms with Gasteiger partial charge in [-0.25, -0.2) is 0 Å². The van der Waals surface area contributed by atoms with Crippen molar-refractivity contribution in [2.75, 3.05) is 46.4 Å². The maximum absolute atomic E-state index is 5.63. The third kappa shape index (κ3) is 6.99. The van der Waals surface area contributed by atoms with Crippen LogP contribution < -0.4 is 0 Å².